The van der Waals surface area contributed by atoms with Crippen molar-refractivity contribution < 1.29 is 26.4 Å². The summed E-state index contributed by atoms with van der Waals surface area (Å²) >= 11 is 8.14. The van der Waals surface area contributed by atoms with Gasteiger partial charge in [0, 0.05) is 5.25 Å². The van der Waals surface area contributed by atoms with Gasteiger partial charge in [0.1, 0.15) is 6.04 Å². The van der Waals surface area contributed by atoms with Gasteiger partial charge in [0.05, 0.1) is 22.5 Å². The van der Waals surface area contributed by atoms with Gasteiger partial charge in [-0.25, -0.2) is 8.42 Å². The van der Waals surface area contributed by atoms with E-state index in [2.05, 4.69) is 15.5 Å². The van der Waals surface area contributed by atoms with E-state index in [9.17, 15) is 26.4 Å². The highest BCUT2D eigenvalue weighted by Crippen LogP contribution is 2.38. The van der Waals surface area contributed by atoms with Crippen molar-refractivity contribution in [3.05, 3.63) is 28.8 Å². The number of hydrogen-bond acceptors (Lipinski definition) is 7. The minimum Gasteiger partial charge on any atom is -0.299 e. The summed E-state index contributed by atoms with van der Waals surface area (Å²) < 4.78 is 65.4. The summed E-state index contributed by atoms with van der Waals surface area (Å²) in [5.74, 6) is -0.777. The van der Waals surface area contributed by atoms with E-state index in [-0.39, 0.29) is 16.1 Å². The second kappa shape index (κ2) is 9.28. The Labute approximate surface area is 185 Å². The number of halogens is 4. The number of aromatic nitrogens is 2. The molecule has 7 nitrogen and oxygen atoms in total. The molecule has 1 N–H and O–H groups in total. The molecule has 0 aliphatic carbocycles. The van der Waals surface area contributed by atoms with Crippen molar-refractivity contribution >= 4 is 61.4 Å². The zero-order chi connectivity index (χ0) is 22.9. The van der Waals surface area contributed by atoms with Crippen LogP contribution >= 0.6 is 34.7 Å². The number of hydrogen-bond donors (Lipinski definition) is 1. The van der Waals surface area contributed by atoms with E-state index >= 15 is 0 Å². The van der Waals surface area contributed by atoms with Gasteiger partial charge in [-0.1, -0.05) is 48.5 Å². The topological polar surface area (TPSA) is 92.3 Å². The third-order valence-corrected chi connectivity index (χ3v) is 7.07. The molecular weight excluding hydrogens is 485 g/mol. The minimum atomic E-state index is -4.79. The molecule has 0 saturated heterocycles. The molecule has 1 aromatic carbocycles. The Balaban J connectivity index is 2.34. The predicted molar refractivity (Wildman–Crippen MR) is 113 cm³/mol. The molecule has 0 spiro atoms. The van der Waals surface area contributed by atoms with Crippen LogP contribution < -0.4 is 9.62 Å². The third kappa shape index (κ3) is 6.22. The van der Waals surface area contributed by atoms with E-state index in [0.717, 1.165) is 29.7 Å². The van der Waals surface area contributed by atoms with Gasteiger partial charge < -0.3 is 0 Å². The molecule has 0 radical (unpaired) electrons. The Kier molecular flexibility index (Phi) is 7.64. The number of nitrogens with zero attached hydrogens (tertiary/aromatic N) is 3. The van der Waals surface area contributed by atoms with Gasteiger partial charge in [-0.05, 0) is 25.1 Å². The molecule has 0 unspecified atom stereocenters. The molecular formula is C16H18ClF3N4O3S3. The molecule has 1 aromatic heterocycles. The zero-order valence-corrected chi connectivity index (χ0v) is 19.4. The molecule has 2 rings (SSSR count). The van der Waals surface area contributed by atoms with Crippen molar-refractivity contribution in [1.82, 2.24) is 10.2 Å². The van der Waals surface area contributed by atoms with Crippen LogP contribution in [-0.2, 0) is 21.0 Å². The van der Waals surface area contributed by atoms with Crippen LogP contribution in [0.4, 0.5) is 24.0 Å². The lowest BCUT2D eigenvalue weighted by Gasteiger charge is -2.28. The SMILES string of the molecule is CC(C)Sc1nnc(NC(=O)[C@H](C)N(c2ccc(Cl)c(C(F)(F)F)c2)S(C)(=O)=O)s1. The van der Waals surface area contributed by atoms with Crippen molar-refractivity contribution in [1.29, 1.82) is 0 Å². The standard InChI is InChI=1S/C16H18ClF3N4O3S3/c1-8(2)28-15-23-22-14(29-15)21-13(25)9(3)24(30(4,26)27)10-5-6-12(17)11(7-10)16(18,19)20/h5-9H,1-4H3,(H,21,22,25)/t9-/m0/s1. The molecule has 166 valence electrons. The van der Waals surface area contributed by atoms with Crippen LogP contribution in [-0.4, -0.2) is 42.1 Å². The fourth-order valence-corrected chi connectivity index (χ4v) is 5.77. The number of alkyl halides is 3. The fraction of sp³-hybridized carbons (Fsp3) is 0.438. The molecule has 0 aliphatic heterocycles. The Morgan fingerprint density at radius 3 is 2.43 bits per heavy atom. The summed E-state index contributed by atoms with van der Waals surface area (Å²) in [6.07, 6.45) is -4.00. The van der Waals surface area contributed by atoms with E-state index in [4.69, 9.17) is 11.6 Å². The number of sulfonamides is 1. The van der Waals surface area contributed by atoms with E-state index < -0.39 is 38.7 Å². The van der Waals surface area contributed by atoms with Gasteiger partial charge in [0.15, 0.2) is 4.34 Å². The number of carbonyl (C=O) groups is 1. The fourth-order valence-electron chi connectivity index (χ4n) is 2.40. The smallest absolute Gasteiger partial charge is 0.299 e. The number of nitrogens with one attached hydrogen (secondary N) is 1. The first-order chi connectivity index (χ1) is 13.7. The highest BCUT2D eigenvalue weighted by atomic mass is 35.5. The number of amides is 1. The Hall–Kier alpha value is -1.57. The molecule has 2 aromatic rings. The van der Waals surface area contributed by atoms with Crippen molar-refractivity contribution in [2.45, 2.75) is 42.6 Å². The number of rotatable bonds is 7. The summed E-state index contributed by atoms with van der Waals surface area (Å²) in [6.45, 7) is 5.17. The third-order valence-electron chi connectivity index (χ3n) is 3.57. The van der Waals surface area contributed by atoms with Gasteiger partial charge in [-0.3, -0.25) is 14.4 Å². The van der Waals surface area contributed by atoms with Crippen LogP contribution in [0.15, 0.2) is 22.5 Å². The molecule has 0 bridgehead atoms. The minimum absolute atomic E-state index is 0.149. The van der Waals surface area contributed by atoms with Crippen LogP contribution in [0.5, 0.6) is 0 Å². The Morgan fingerprint density at radius 1 is 1.27 bits per heavy atom. The average molecular weight is 503 g/mol. The molecule has 30 heavy (non-hydrogen) atoms. The number of carbonyl (C=O) groups excluding carboxylic acids is 1. The first-order valence-corrected chi connectivity index (χ1v) is 12.3. The van der Waals surface area contributed by atoms with E-state index in [1.54, 1.807) is 0 Å². The monoisotopic (exact) mass is 502 g/mol. The second-order valence-electron chi connectivity index (χ2n) is 6.43. The van der Waals surface area contributed by atoms with Crippen molar-refractivity contribution in [2.24, 2.45) is 0 Å². The first kappa shape index (κ1) is 24.7. The summed E-state index contributed by atoms with van der Waals surface area (Å²) in [7, 11) is -4.11. The van der Waals surface area contributed by atoms with Crippen LogP contribution in [0, 0.1) is 0 Å². The highest BCUT2D eigenvalue weighted by molar-refractivity contribution is 8.01. The summed E-state index contributed by atoms with van der Waals surface area (Å²) in [5, 5.41) is 10.0. The average Bonchev–Trinajstić information content (AvgIpc) is 3.00. The van der Waals surface area contributed by atoms with E-state index in [1.807, 2.05) is 13.8 Å². The van der Waals surface area contributed by atoms with Crippen LogP contribution in [0.25, 0.3) is 0 Å². The predicted octanol–water partition coefficient (Wildman–Crippen LogP) is 4.50. The molecule has 0 saturated carbocycles. The largest absolute Gasteiger partial charge is 0.417 e. The maximum atomic E-state index is 13.2. The van der Waals surface area contributed by atoms with Crippen molar-refractivity contribution in [3.63, 3.8) is 0 Å². The van der Waals surface area contributed by atoms with Crippen LogP contribution in [0.1, 0.15) is 26.3 Å². The molecule has 1 heterocycles. The van der Waals surface area contributed by atoms with Gasteiger partial charge in [0.25, 0.3) is 0 Å². The molecule has 1 atom stereocenters. The number of anilines is 2. The lowest BCUT2D eigenvalue weighted by molar-refractivity contribution is -0.137. The first-order valence-electron chi connectivity index (χ1n) is 8.37. The van der Waals surface area contributed by atoms with Crippen LogP contribution in [0.2, 0.25) is 5.02 Å². The number of thioether (sulfide) groups is 1. The Morgan fingerprint density at radius 2 is 1.90 bits per heavy atom. The maximum Gasteiger partial charge on any atom is 0.417 e. The lowest BCUT2D eigenvalue weighted by Crippen LogP contribution is -2.45. The summed E-state index contributed by atoms with van der Waals surface area (Å²) in [5.41, 5.74) is -1.55. The quantitative estimate of drug-likeness (QED) is 0.442. The molecule has 0 fully saturated rings. The van der Waals surface area contributed by atoms with E-state index in [1.165, 1.54) is 18.7 Å². The maximum absolute atomic E-state index is 13.2. The highest BCUT2D eigenvalue weighted by Gasteiger charge is 2.36. The molecule has 0 aliphatic rings. The second-order valence-corrected chi connectivity index (χ2v) is 11.5. The van der Waals surface area contributed by atoms with E-state index in [0.29, 0.717) is 14.7 Å². The normalized spacial score (nSPS) is 13.4. The van der Waals surface area contributed by atoms with Gasteiger partial charge in [-0.2, -0.15) is 13.2 Å². The summed E-state index contributed by atoms with van der Waals surface area (Å²) in [4.78, 5) is 12.6. The lowest BCUT2D eigenvalue weighted by atomic mass is 10.1. The zero-order valence-electron chi connectivity index (χ0n) is 16.2. The Bertz CT molecular complexity index is 1030. The molecule has 1 amide bonds. The van der Waals surface area contributed by atoms with Crippen LogP contribution in [0.3, 0.4) is 0 Å². The number of benzene rings is 1. The summed E-state index contributed by atoms with van der Waals surface area (Å²) in [6, 6.07) is 1.26. The van der Waals surface area contributed by atoms with Crippen molar-refractivity contribution in [2.75, 3.05) is 15.9 Å². The van der Waals surface area contributed by atoms with Gasteiger partial charge in [-0.15, -0.1) is 10.2 Å². The van der Waals surface area contributed by atoms with Crippen molar-refractivity contribution in [3.8, 4) is 0 Å². The molecule has 14 heteroatoms. The van der Waals surface area contributed by atoms with Gasteiger partial charge >= 0.3 is 6.18 Å². The van der Waals surface area contributed by atoms with Gasteiger partial charge in [0.2, 0.25) is 21.1 Å².